The Bertz CT molecular complexity index is 495. The van der Waals surface area contributed by atoms with Crippen molar-refractivity contribution in [3.63, 3.8) is 0 Å². The van der Waals surface area contributed by atoms with Gasteiger partial charge in [0.25, 0.3) is 0 Å². The predicted octanol–water partition coefficient (Wildman–Crippen LogP) is 2.85. The molecular weight excluding hydrogens is 266 g/mol. The molecular formula is C9H6BrNO2S. The first-order valence-corrected chi connectivity index (χ1v) is 5.51. The maximum Gasteiger partial charge on any atom is 0.339 e. The number of thiazole rings is 1. The molecule has 0 amide bonds. The minimum Gasteiger partial charge on any atom is -0.465 e. The molecule has 0 unspecified atom stereocenters. The third kappa shape index (κ3) is 1.42. The number of methoxy groups -OCH3 is 1. The van der Waals surface area contributed by atoms with E-state index in [0.29, 0.717) is 5.56 Å². The Morgan fingerprint density at radius 2 is 2.36 bits per heavy atom. The van der Waals surface area contributed by atoms with Crippen LogP contribution in [0.4, 0.5) is 0 Å². The highest BCUT2D eigenvalue weighted by atomic mass is 79.9. The minimum atomic E-state index is -0.327. The Balaban J connectivity index is 2.72. The van der Waals surface area contributed by atoms with E-state index in [1.807, 2.05) is 0 Å². The number of ether oxygens (including phenoxy) is 1. The van der Waals surface area contributed by atoms with Crippen molar-refractivity contribution in [3.05, 3.63) is 27.7 Å². The van der Waals surface area contributed by atoms with Crippen LogP contribution in [0.2, 0.25) is 0 Å². The van der Waals surface area contributed by atoms with Crippen LogP contribution >= 0.6 is 27.3 Å². The molecule has 1 aromatic carbocycles. The summed E-state index contributed by atoms with van der Waals surface area (Å²) in [6.45, 7) is 0. The standard InChI is InChI=1S/C9H6BrNO2S/c1-13-9(12)5-2-3-6(10)7-8(5)14-4-11-7/h2-4H,1H3. The molecule has 0 atom stereocenters. The highest BCUT2D eigenvalue weighted by Crippen LogP contribution is 2.29. The highest BCUT2D eigenvalue weighted by molar-refractivity contribution is 9.10. The summed E-state index contributed by atoms with van der Waals surface area (Å²) in [5.41, 5.74) is 3.08. The zero-order chi connectivity index (χ0) is 10.1. The van der Waals surface area contributed by atoms with Gasteiger partial charge in [0.05, 0.1) is 28.4 Å². The first-order valence-electron chi connectivity index (χ1n) is 3.84. The fourth-order valence-corrected chi connectivity index (χ4v) is 2.57. The SMILES string of the molecule is COC(=O)c1ccc(Br)c2ncsc12. The van der Waals surface area contributed by atoms with E-state index in [9.17, 15) is 4.79 Å². The van der Waals surface area contributed by atoms with E-state index in [2.05, 4.69) is 25.7 Å². The second-order valence-corrected chi connectivity index (χ2v) is 4.33. The summed E-state index contributed by atoms with van der Waals surface area (Å²) in [5.74, 6) is -0.327. The molecule has 0 spiro atoms. The Kier molecular flexibility index (Phi) is 2.52. The van der Waals surface area contributed by atoms with E-state index in [-0.39, 0.29) is 5.97 Å². The van der Waals surface area contributed by atoms with Crippen molar-refractivity contribution in [3.8, 4) is 0 Å². The van der Waals surface area contributed by atoms with Gasteiger partial charge in [0, 0.05) is 4.47 Å². The minimum absolute atomic E-state index is 0.327. The summed E-state index contributed by atoms with van der Waals surface area (Å²) >= 11 is 4.80. The third-order valence-electron chi connectivity index (χ3n) is 1.84. The molecule has 0 aliphatic carbocycles. The normalized spacial score (nSPS) is 10.4. The second kappa shape index (κ2) is 3.67. The lowest BCUT2D eigenvalue weighted by atomic mass is 10.2. The maximum absolute atomic E-state index is 11.4. The number of esters is 1. The molecule has 0 N–H and O–H groups in total. The lowest BCUT2D eigenvalue weighted by molar-refractivity contribution is 0.0603. The lowest BCUT2D eigenvalue weighted by Crippen LogP contribution is -2.00. The predicted molar refractivity (Wildman–Crippen MR) is 58.7 cm³/mol. The van der Waals surface area contributed by atoms with Crippen LogP contribution in [0.3, 0.4) is 0 Å². The number of hydrogen-bond acceptors (Lipinski definition) is 4. The molecule has 0 bridgehead atoms. The molecule has 2 aromatic rings. The van der Waals surface area contributed by atoms with Crippen molar-refractivity contribution in [1.82, 2.24) is 4.98 Å². The van der Waals surface area contributed by atoms with Crippen LogP contribution in [0.15, 0.2) is 22.1 Å². The van der Waals surface area contributed by atoms with Crippen molar-refractivity contribution in [1.29, 1.82) is 0 Å². The van der Waals surface area contributed by atoms with Crippen LogP contribution in [0.5, 0.6) is 0 Å². The van der Waals surface area contributed by atoms with Gasteiger partial charge in [-0.25, -0.2) is 9.78 Å². The first-order chi connectivity index (χ1) is 6.74. The largest absolute Gasteiger partial charge is 0.465 e. The Morgan fingerprint density at radius 1 is 1.57 bits per heavy atom. The monoisotopic (exact) mass is 271 g/mol. The van der Waals surface area contributed by atoms with Crippen molar-refractivity contribution >= 4 is 43.5 Å². The number of rotatable bonds is 1. The van der Waals surface area contributed by atoms with Gasteiger partial charge in [-0.15, -0.1) is 11.3 Å². The van der Waals surface area contributed by atoms with Crippen LogP contribution in [0, 0.1) is 0 Å². The van der Waals surface area contributed by atoms with E-state index in [4.69, 9.17) is 0 Å². The van der Waals surface area contributed by atoms with Crippen molar-refractivity contribution in [2.24, 2.45) is 0 Å². The summed E-state index contributed by atoms with van der Waals surface area (Å²) in [5, 5.41) is 0. The Labute approximate surface area is 92.8 Å². The topological polar surface area (TPSA) is 39.2 Å². The number of nitrogens with zero attached hydrogens (tertiary/aromatic N) is 1. The van der Waals surface area contributed by atoms with E-state index in [1.165, 1.54) is 18.4 Å². The third-order valence-corrected chi connectivity index (χ3v) is 3.34. The van der Waals surface area contributed by atoms with Crippen molar-refractivity contribution in [2.75, 3.05) is 7.11 Å². The second-order valence-electron chi connectivity index (χ2n) is 2.62. The molecule has 0 saturated carbocycles. The summed E-state index contributed by atoms with van der Waals surface area (Å²) < 4.78 is 6.42. The molecule has 0 aliphatic heterocycles. The van der Waals surface area contributed by atoms with Crippen LogP contribution in [0.1, 0.15) is 10.4 Å². The zero-order valence-electron chi connectivity index (χ0n) is 7.28. The van der Waals surface area contributed by atoms with Gasteiger partial charge in [-0.2, -0.15) is 0 Å². The molecule has 1 aromatic heterocycles. The molecule has 72 valence electrons. The van der Waals surface area contributed by atoms with E-state index >= 15 is 0 Å². The summed E-state index contributed by atoms with van der Waals surface area (Å²) in [7, 11) is 1.37. The number of benzene rings is 1. The van der Waals surface area contributed by atoms with Crippen LogP contribution < -0.4 is 0 Å². The Morgan fingerprint density at radius 3 is 3.07 bits per heavy atom. The number of fused-ring (bicyclic) bond motifs is 1. The number of halogens is 1. The molecule has 0 fully saturated rings. The van der Waals surface area contributed by atoms with Gasteiger partial charge in [0.1, 0.15) is 0 Å². The fraction of sp³-hybridized carbons (Fsp3) is 0.111. The van der Waals surface area contributed by atoms with Gasteiger partial charge in [0.15, 0.2) is 0 Å². The average Bonchev–Trinajstić information content (AvgIpc) is 2.67. The van der Waals surface area contributed by atoms with Crippen molar-refractivity contribution in [2.45, 2.75) is 0 Å². The first kappa shape index (κ1) is 9.61. The number of carbonyl (C=O) groups excluding carboxylic acids is 1. The van der Waals surface area contributed by atoms with E-state index in [1.54, 1.807) is 17.6 Å². The molecule has 0 saturated heterocycles. The summed E-state index contributed by atoms with van der Waals surface area (Å²) in [6, 6.07) is 3.53. The maximum atomic E-state index is 11.4. The molecule has 5 heteroatoms. The van der Waals surface area contributed by atoms with Gasteiger partial charge in [-0.3, -0.25) is 0 Å². The van der Waals surface area contributed by atoms with Gasteiger partial charge >= 0.3 is 5.97 Å². The molecule has 2 rings (SSSR count). The van der Waals surface area contributed by atoms with Gasteiger partial charge in [-0.1, -0.05) is 0 Å². The number of hydrogen-bond donors (Lipinski definition) is 0. The van der Waals surface area contributed by atoms with E-state index < -0.39 is 0 Å². The molecule has 3 nitrogen and oxygen atoms in total. The van der Waals surface area contributed by atoms with Gasteiger partial charge in [-0.05, 0) is 28.1 Å². The Hall–Kier alpha value is -0.940. The number of aromatic nitrogens is 1. The van der Waals surface area contributed by atoms with Gasteiger partial charge in [0.2, 0.25) is 0 Å². The molecule has 14 heavy (non-hydrogen) atoms. The molecule has 1 heterocycles. The van der Waals surface area contributed by atoms with Crippen LogP contribution in [-0.4, -0.2) is 18.1 Å². The van der Waals surface area contributed by atoms with Gasteiger partial charge < -0.3 is 4.74 Å². The fourth-order valence-electron chi connectivity index (χ4n) is 1.19. The average molecular weight is 272 g/mol. The van der Waals surface area contributed by atoms with Crippen LogP contribution in [0.25, 0.3) is 10.2 Å². The quantitative estimate of drug-likeness (QED) is 0.749. The highest BCUT2D eigenvalue weighted by Gasteiger charge is 2.13. The smallest absolute Gasteiger partial charge is 0.339 e. The van der Waals surface area contributed by atoms with E-state index in [0.717, 1.165) is 14.7 Å². The molecule has 0 radical (unpaired) electrons. The lowest BCUT2D eigenvalue weighted by Gasteiger charge is -2.00. The number of carbonyl (C=O) groups is 1. The summed E-state index contributed by atoms with van der Waals surface area (Å²) in [6.07, 6.45) is 0. The molecule has 0 aliphatic rings. The van der Waals surface area contributed by atoms with Crippen LogP contribution in [-0.2, 0) is 4.74 Å². The van der Waals surface area contributed by atoms with Crippen molar-refractivity contribution < 1.29 is 9.53 Å². The summed E-state index contributed by atoms with van der Waals surface area (Å²) in [4.78, 5) is 15.5. The zero-order valence-corrected chi connectivity index (χ0v) is 9.68.